The Labute approximate surface area is 110 Å². The van der Waals surface area contributed by atoms with Crippen LogP contribution in [0.5, 0.6) is 0 Å². The van der Waals surface area contributed by atoms with E-state index >= 15 is 0 Å². The molecule has 0 radical (unpaired) electrons. The third kappa shape index (κ3) is 12.4. The molecule has 4 N–H and O–H groups in total. The highest BCUT2D eigenvalue weighted by Gasteiger charge is 2.29. The second-order valence-corrected chi connectivity index (χ2v) is 7.19. The molecule has 0 fully saturated rings. The van der Waals surface area contributed by atoms with Crippen molar-refractivity contribution in [3.63, 3.8) is 0 Å². The molecule has 0 rings (SSSR count). The van der Waals surface area contributed by atoms with Crippen LogP contribution in [0.25, 0.3) is 0 Å². The molecular formula is C11H28O6Si. The van der Waals surface area contributed by atoms with Gasteiger partial charge in [-0.25, -0.2) is 0 Å². The normalized spacial score (nSPS) is 11.3. The third-order valence-electron chi connectivity index (χ3n) is 2.11. The van der Waals surface area contributed by atoms with Gasteiger partial charge in [0, 0.05) is 19.8 Å². The van der Waals surface area contributed by atoms with Crippen molar-refractivity contribution in [2.24, 2.45) is 0 Å². The maximum absolute atomic E-state index is 8.68. The molecule has 0 aliphatic rings. The Hall–Kier alpha value is -0.0231. The first kappa shape index (κ1) is 20.3. The van der Waals surface area contributed by atoms with Gasteiger partial charge < -0.3 is 29.3 Å². The molecule has 0 amide bonds. The number of aliphatic hydroxyl groups excluding tert-OH is 4. The number of hydrogen-bond acceptors (Lipinski definition) is 6. The van der Waals surface area contributed by atoms with Gasteiger partial charge in [0.25, 0.3) is 0 Å². The van der Waals surface area contributed by atoms with E-state index in [-0.39, 0.29) is 19.8 Å². The number of hydrogen-bond donors (Lipinski definition) is 4. The van der Waals surface area contributed by atoms with Crippen LogP contribution in [0, 0.1) is 0 Å². The van der Waals surface area contributed by atoms with Crippen LogP contribution in [0.4, 0.5) is 0 Å². The average Bonchev–Trinajstić information content (AvgIpc) is 2.37. The van der Waals surface area contributed by atoms with Crippen LogP contribution in [0.15, 0.2) is 0 Å². The largest absolute Gasteiger partial charge is 0.396 e. The summed E-state index contributed by atoms with van der Waals surface area (Å²) in [5, 5.41) is 32.7. The van der Waals surface area contributed by atoms with Gasteiger partial charge in [-0.2, -0.15) is 0 Å². The van der Waals surface area contributed by atoms with Crippen LogP contribution in [0.3, 0.4) is 0 Å². The molecule has 0 bridgehead atoms. The van der Waals surface area contributed by atoms with E-state index in [9.17, 15) is 0 Å². The van der Waals surface area contributed by atoms with Gasteiger partial charge in [-0.3, -0.25) is 0 Å². The van der Waals surface area contributed by atoms with Crippen LogP contribution < -0.4 is 0 Å². The molecule has 0 aliphatic carbocycles. The zero-order chi connectivity index (χ0) is 14.4. The van der Waals surface area contributed by atoms with Crippen molar-refractivity contribution in [3.8, 4) is 0 Å². The van der Waals surface area contributed by atoms with E-state index in [0.717, 1.165) is 12.5 Å². The van der Waals surface area contributed by atoms with Gasteiger partial charge in [0.15, 0.2) is 0 Å². The molecule has 0 saturated carbocycles. The Bertz CT molecular complexity index is 160. The minimum Gasteiger partial charge on any atom is -0.396 e. The Morgan fingerprint density at radius 1 is 1.00 bits per heavy atom. The zero-order valence-electron chi connectivity index (χ0n) is 11.6. The summed E-state index contributed by atoms with van der Waals surface area (Å²) in [6.45, 7) is 6.90. The molecule has 0 saturated heterocycles. The molecule has 112 valence electrons. The maximum Gasteiger partial charge on any atom is 0.334 e. The van der Waals surface area contributed by atoms with Crippen molar-refractivity contribution in [3.05, 3.63) is 0 Å². The molecule has 0 spiro atoms. The zero-order valence-corrected chi connectivity index (χ0v) is 12.6. The second-order valence-electron chi connectivity index (χ2n) is 3.85. The van der Waals surface area contributed by atoms with Crippen LogP contribution in [-0.4, -0.2) is 68.1 Å². The van der Waals surface area contributed by atoms with E-state index in [1.807, 2.05) is 13.8 Å². The van der Waals surface area contributed by atoms with Crippen molar-refractivity contribution < 1.29 is 29.3 Å². The molecule has 0 atom stereocenters. The summed E-state index contributed by atoms with van der Waals surface area (Å²) in [7, 11) is -1.93. The monoisotopic (exact) mass is 284 g/mol. The molecule has 0 aromatic rings. The fraction of sp³-hybridized carbons (Fsp3) is 1.00. The smallest absolute Gasteiger partial charge is 0.334 e. The molecule has 6 nitrogen and oxygen atoms in total. The van der Waals surface area contributed by atoms with E-state index in [0.29, 0.717) is 13.2 Å². The lowest BCUT2D eigenvalue weighted by molar-refractivity contribution is 0.0450. The highest BCUT2D eigenvalue weighted by molar-refractivity contribution is 6.66. The third-order valence-corrected chi connectivity index (χ3v) is 5.17. The summed E-state index contributed by atoms with van der Waals surface area (Å²) in [5.74, 6) is 0. The molecule has 7 heteroatoms. The van der Waals surface area contributed by atoms with Crippen molar-refractivity contribution in [2.45, 2.75) is 39.0 Å². The van der Waals surface area contributed by atoms with E-state index < -0.39 is 14.7 Å². The Kier molecular flexibility index (Phi) is 15.1. The fourth-order valence-corrected chi connectivity index (χ4v) is 3.65. The molecule has 0 aliphatic heterocycles. The second kappa shape index (κ2) is 13.4. The van der Waals surface area contributed by atoms with Gasteiger partial charge in [-0.05, 0) is 32.9 Å². The van der Waals surface area contributed by atoms with Gasteiger partial charge in [0.05, 0.1) is 13.2 Å². The first-order valence-corrected chi connectivity index (χ1v) is 8.80. The van der Waals surface area contributed by atoms with Gasteiger partial charge in [0.2, 0.25) is 0 Å². The lowest BCUT2D eigenvalue weighted by Crippen LogP contribution is -2.38. The fourth-order valence-electron chi connectivity index (χ4n) is 1.25. The lowest BCUT2D eigenvalue weighted by Gasteiger charge is -2.25. The minimum absolute atomic E-state index is 0.225. The van der Waals surface area contributed by atoms with Gasteiger partial charge in [-0.1, -0.05) is 0 Å². The van der Waals surface area contributed by atoms with E-state index in [2.05, 4.69) is 6.55 Å². The summed E-state index contributed by atoms with van der Waals surface area (Å²) in [4.78, 5) is 0. The van der Waals surface area contributed by atoms with Gasteiger partial charge >= 0.3 is 8.56 Å². The van der Waals surface area contributed by atoms with Crippen LogP contribution in [-0.2, 0) is 8.85 Å². The lowest BCUT2D eigenvalue weighted by atomic mass is 10.4. The predicted octanol–water partition coefficient (Wildman–Crippen LogP) is -0.154. The Morgan fingerprint density at radius 3 is 1.67 bits per heavy atom. The van der Waals surface area contributed by atoms with E-state index in [1.165, 1.54) is 0 Å². The van der Waals surface area contributed by atoms with Crippen molar-refractivity contribution in [1.82, 2.24) is 0 Å². The van der Waals surface area contributed by atoms with E-state index in [4.69, 9.17) is 29.3 Å². The van der Waals surface area contributed by atoms with Crippen molar-refractivity contribution in [1.29, 1.82) is 0 Å². The standard InChI is InChI=1S/C8H20O3Si.C3H8O3/c1-4-10-12(3,11-5-2)8-6-7-9;4-1-3(6)2-5/h9H,4-8H2,1-3H3;3-6H,1-2H2. The minimum atomic E-state index is -1.93. The molecule has 0 unspecified atom stereocenters. The summed E-state index contributed by atoms with van der Waals surface area (Å²) in [6.07, 6.45) is -0.173. The quantitative estimate of drug-likeness (QED) is 0.439. The molecular weight excluding hydrogens is 256 g/mol. The topological polar surface area (TPSA) is 99.4 Å². The highest BCUT2D eigenvalue weighted by Crippen LogP contribution is 2.15. The van der Waals surface area contributed by atoms with E-state index in [1.54, 1.807) is 0 Å². The molecule has 0 aromatic carbocycles. The van der Waals surface area contributed by atoms with Crippen LogP contribution in [0.1, 0.15) is 20.3 Å². The molecule has 0 aromatic heterocycles. The first-order chi connectivity index (χ1) is 8.49. The van der Waals surface area contributed by atoms with Crippen molar-refractivity contribution in [2.75, 3.05) is 33.0 Å². The van der Waals surface area contributed by atoms with Crippen LogP contribution in [0.2, 0.25) is 12.6 Å². The number of rotatable bonds is 9. The predicted molar refractivity (Wildman–Crippen MR) is 71.6 cm³/mol. The summed E-state index contributed by atoms with van der Waals surface area (Å²) < 4.78 is 11.2. The molecule has 18 heavy (non-hydrogen) atoms. The molecule has 0 heterocycles. The average molecular weight is 284 g/mol. The van der Waals surface area contributed by atoms with Crippen molar-refractivity contribution >= 4 is 8.56 Å². The summed E-state index contributed by atoms with van der Waals surface area (Å²) in [6, 6.07) is 0.880. The number of aliphatic hydroxyl groups is 4. The Morgan fingerprint density at radius 2 is 1.44 bits per heavy atom. The SMILES string of the molecule is CCO[Si](C)(CCCO)OCC.OCC(O)CO. The summed E-state index contributed by atoms with van der Waals surface area (Å²) >= 11 is 0. The van der Waals surface area contributed by atoms with Gasteiger partial charge in [-0.15, -0.1) is 0 Å². The highest BCUT2D eigenvalue weighted by atomic mass is 28.4. The summed E-state index contributed by atoms with van der Waals surface area (Å²) in [5.41, 5.74) is 0. The van der Waals surface area contributed by atoms with Crippen LogP contribution >= 0.6 is 0 Å². The first-order valence-electron chi connectivity index (χ1n) is 6.28. The maximum atomic E-state index is 8.68. The Balaban J connectivity index is 0. The van der Waals surface area contributed by atoms with Gasteiger partial charge in [0.1, 0.15) is 6.10 Å².